The molecule has 7 heteroatoms. The molecule has 0 spiro atoms. The molecule has 2 fully saturated rings. The Kier molecular flexibility index (Phi) is 5.88. The lowest BCUT2D eigenvalue weighted by Gasteiger charge is -2.31. The molecule has 2 aliphatic rings. The fourth-order valence-electron chi connectivity index (χ4n) is 3.61. The first-order valence-corrected chi connectivity index (χ1v) is 9.05. The van der Waals surface area contributed by atoms with Crippen molar-refractivity contribution in [3.8, 4) is 0 Å². The molecule has 26 heavy (non-hydrogen) atoms. The smallest absolute Gasteiger partial charge is 0.254 e. The zero-order chi connectivity index (χ0) is 18.5. The van der Waals surface area contributed by atoms with Gasteiger partial charge in [0, 0.05) is 42.1 Å². The number of benzene rings is 1. The Balaban J connectivity index is 1.62. The highest BCUT2D eigenvalue weighted by atomic mass is 16.5. The molecule has 3 rings (SSSR count). The first kappa shape index (κ1) is 18.4. The topological polar surface area (TPSA) is 98.8 Å². The molecule has 7 nitrogen and oxygen atoms in total. The average Bonchev–Trinajstić information content (AvgIpc) is 2.68. The van der Waals surface area contributed by atoms with Crippen LogP contribution in [0.15, 0.2) is 24.3 Å². The van der Waals surface area contributed by atoms with Gasteiger partial charge in [-0.1, -0.05) is 12.8 Å². The number of carboxylic acid groups (broad SMARTS) is 1. The lowest BCUT2D eigenvalue weighted by Crippen LogP contribution is -2.42. The zero-order valence-corrected chi connectivity index (χ0v) is 14.6. The van der Waals surface area contributed by atoms with Gasteiger partial charge in [0.1, 0.15) is 0 Å². The number of morpholine rings is 1. The van der Waals surface area contributed by atoms with E-state index in [0.717, 1.165) is 12.8 Å². The van der Waals surface area contributed by atoms with Gasteiger partial charge in [-0.25, -0.2) is 0 Å². The quantitative estimate of drug-likeness (QED) is 0.851. The van der Waals surface area contributed by atoms with Crippen LogP contribution >= 0.6 is 0 Å². The van der Waals surface area contributed by atoms with E-state index in [2.05, 4.69) is 5.32 Å². The summed E-state index contributed by atoms with van der Waals surface area (Å²) >= 11 is 0. The van der Waals surface area contributed by atoms with Crippen molar-refractivity contribution in [1.29, 1.82) is 0 Å². The monoisotopic (exact) mass is 359 g/mol. The van der Waals surface area contributed by atoms with E-state index in [9.17, 15) is 19.5 Å². The van der Waals surface area contributed by atoms with Crippen molar-refractivity contribution >= 4 is 23.5 Å². The Morgan fingerprint density at radius 2 is 1.62 bits per heavy atom. The minimum absolute atomic E-state index is 0.0597. The third kappa shape index (κ3) is 4.22. The molecular formula is C19H23N2O5-. The van der Waals surface area contributed by atoms with Crippen LogP contribution in [0.2, 0.25) is 0 Å². The van der Waals surface area contributed by atoms with Gasteiger partial charge in [0.15, 0.2) is 0 Å². The molecule has 1 aromatic rings. The van der Waals surface area contributed by atoms with Gasteiger partial charge in [0.25, 0.3) is 5.91 Å². The van der Waals surface area contributed by atoms with Gasteiger partial charge in [-0.3, -0.25) is 9.59 Å². The maximum atomic E-state index is 12.5. The van der Waals surface area contributed by atoms with Crippen molar-refractivity contribution in [3.05, 3.63) is 29.8 Å². The summed E-state index contributed by atoms with van der Waals surface area (Å²) in [5.41, 5.74) is 1.10. The number of carbonyl (C=O) groups excluding carboxylic acids is 3. The number of aliphatic carboxylic acids is 1. The van der Waals surface area contributed by atoms with E-state index in [-0.39, 0.29) is 11.8 Å². The van der Waals surface area contributed by atoms with Crippen molar-refractivity contribution in [2.24, 2.45) is 11.8 Å². The van der Waals surface area contributed by atoms with E-state index in [0.29, 0.717) is 50.4 Å². The number of carbonyl (C=O) groups is 3. The molecule has 1 aliphatic heterocycles. The molecule has 1 aromatic carbocycles. The highest BCUT2D eigenvalue weighted by molar-refractivity contribution is 5.97. The summed E-state index contributed by atoms with van der Waals surface area (Å²) < 4.78 is 5.24. The molecule has 1 heterocycles. The summed E-state index contributed by atoms with van der Waals surface area (Å²) in [5, 5.41) is 14.0. The third-order valence-corrected chi connectivity index (χ3v) is 5.10. The fraction of sp³-hybridized carbons (Fsp3) is 0.526. The number of carboxylic acids is 1. The minimum Gasteiger partial charge on any atom is -0.550 e. The van der Waals surface area contributed by atoms with E-state index in [1.165, 1.54) is 0 Å². The summed E-state index contributed by atoms with van der Waals surface area (Å²) in [6.07, 6.45) is 2.68. The van der Waals surface area contributed by atoms with Crippen LogP contribution in [-0.4, -0.2) is 49.0 Å². The first-order chi connectivity index (χ1) is 12.6. The van der Waals surface area contributed by atoms with Crippen molar-refractivity contribution in [3.63, 3.8) is 0 Å². The molecule has 1 N–H and O–H groups in total. The van der Waals surface area contributed by atoms with Crippen LogP contribution in [0.3, 0.4) is 0 Å². The van der Waals surface area contributed by atoms with E-state index >= 15 is 0 Å². The number of anilines is 1. The van der Waals surface area contributed by atoms with Gasteiger partial charge in [-0.2, -0.15) is 0 Å². The van der Waals surface area contributed by atoms with Crippen LogP contribution in [0.4, 0.5) is 5.69 Å². The predicted octanol–water partition coefficient (Wildman–Crippen LogP) is 0.654. The van der Waals surface area contributed by atoms with Crippen molar-refractivity contribution < 1.29 is 24.2 Å². The summed E-state index contributed by atoms with van der Waals surface area (Å²) in [4.78, 5) is 37.9. The number of amides is 2. The van der Waals surface area contributed by atoms with E-state index in [1.807, 2.05) is 0 Å². The molecule has 140 valence electrons. The first-order valence-electron chi connectivity index (χ1n) is 9.05. The van der Waals surface area contributed by atoms with Crippen LogP contribution in [0.5, 0.6) is 0 Å². The maximum absolute atomic E-state index is 12.5. The van der Waals surface area contributed by atoms with Gasteiger partial charge in [0.2, 0.25) is 5.91 Å². The standard InChI is InChI=1S/C19H24N2O5/c22-17(15-3-1-2-4-16(15)19(24)25)20-14-7-5-13(6-8-14)18(23)21-9-11-26-12-10-21/h5-8,15-16H,1-4,9-12H2,(H,20,22)(H,24,25)/p-1/t15-,16-/m1/s1. The van der Waals surface area contributed by atoms with Crippen LogP contribution in [0.25, 0.3) is 0 Å². The van der Waals surface area contributed by atoms with Crippen LogP contribution < -0.4 is 10.4 Å². The van der Waals surface area contributed by atoms with Crippen LogP contribution in [-0.2, 0) is 14.3 Å². The minimum atomic E-state index is -1.16. The number of hydrogen-bond acceptors (Lipinski definition) is 5. The largest absolute Gasteiger partial charge is 0.550 e. The fourth-order valence-corrected chi connectivity index (χ4v) is 3.61. The maximum Gasteiger partial charge on any atom is 0.254 e. The highest BCUT2D eigenvalue weighted by Crippen LogP contribution is 2.30. The Morgan fingerprint density at radius 1 is 1.00 bits per heavy atom. The summed E-state index contributed by atoms with van der Waals surface area (Å²) in [7, 11) is 0. The van der Waals surface area contributed by atoms with Crippen LogP contribution in [0.1, 0.15) is 36.0 Å². The van der Waals surface area contributed by atoms with Crippen molar-refractivity contribution in [2.45, 2.75) is 25.7 Å². The summed E-state index contributed by atoms with van der Waals surface area (Å²) in [6.45, 7) is 2.23. The Morgan fingerprint density at radius 3 is 2.23 bits per heavy atom. The zero-order valence-electron chi connectivity index (χ0n) is 14.6. The van der Waals surface area contributed by atoms with E-state index < -0.39 is 17.8 Å². The van der Waals surface area contributed by atoms with Gasteiger partial charge in [-0.15, -0.1) is 0 Å². The summed E-state index contributed by atoms with van der Waals surface area (Å²) in [5.74, 6) is -2.81. The third-order valence-electron chi connectivity index (χ3n) is 5.10. The van der Waals surface area contributed by atoms with Gasteiger partial charge < -0.3 is 24.9 Å². The lowest BCUT2D eigenvalue weighted by atomic mass is 9.78. The number of nitrogens with one attached hydrogen (secondary N) is 1. The Hall–Kier alpha value is -2.41. The highest BCUT2D eigenvalue weighted by Gasteiger charge is 2.31. The second kappa shape index (κ2) is 8.31. The number of nitrogens with zero attached hydrogens (tertiary/aromatic N) is 1. The molecule has 0 radical (unpaired) electrons. The number of ether oxygens (including phenoxy) is 1. The molecule has 1 saturated heterocycles. The second-order valence-electron chi connectivity index (χ2n) is 6.79. The molecule has 2 atom stereocenters. The van der Waals surface area contributed by atoms with Gasteiger partial charge >= 0.3 is 0 Å². The molecule has 0 bridgehead atoms. The molecule has 1 saturated carbocycles. The van der Waals surface area contributed by atoms with Gasteiger partial charge in [0.05, 0.1) is 13.2 Å². The van der Waals surface area contributed by atoms with E-state index in [1.54, 1.807) is 29.2 Å². The molecular weight excluding hydrogens is 336 g/mol. The number of hydrogen-bond donors (Lipinski definition) is 1. The predicted molar refractivity (Wildman–Crippen MR) is 92.2 cm³/mol. The summed E-state index contributed by atoms with van der Waals surface area (Å²) in [6, 6.07) is 6.68. The Bertz CT molecular complexity index is 667. The molecule has 0 aromatic heterocycles. The van der Waals surface area contributed by atoms with Crippen LogP contribution in [0, 0.1) is 11.8 Å². The van der Waals surface area contributed by atoms with Crippen molar-refractivity contribution in [2.75, 3.05) is 31.6 Å². The van der Waals surface area contributed by atoms with Gasteiger partial charge in [-0.05, 0) is 37.1 Å². The average molecular weight is 359 g/mol. The normalized spacial score (nSPS) is 23.3. The lowest BCUT2D eigenvalue weighted by molar-refractivity contribution is -0.313. The van der Waals surface area contributed by atoms with E-state index in [4.69, 9.17) is 4.74 Å². The van der Waals surface area contributed by atoms with Crippen molar-refractivity contribution in [1.82, 2.24) is 4.90 Å². The Labute approximate surface area is 152 Å². The molecule has 2 amide bonds. The molecule has 0 unspecified atom stereocenters. The number of rotatable bonds is 4. The SMILES string of the molecule is O=C([O-])[C@@H]1CCCC[C@H]1C(=O)Nc1ccc(C(=O)N2CCOCC2)cc1. The second-order valence-corrected chi connectivity index (χ2v) is 6.79. The molecule has 1 aliphatic carbocycles.